The molecule has 0 N–H and O–H groups in total. The molecular formula is C12H14N2O. The maximum absolute atomic E-state index is 10.7. The van der Waals surface area contributed by atoms with E-state index in [4.69, 9.17) is 0 Å². The van der Waals surface area contributed by atoms with E-state index in [0.717, 1.165) is 11.9 Å². The third kappa shape index (κ3) is 3.06. The lowest BCUT2D eigenvalue weighted by molar-refractivity contribution is 0.111. The molecule has 1 aromatic heterocycles. The molecule has 3 heteroatoms. The lowest BCUT2D eigenvalue weighted by atomic mass is 10.2. The Morgan fingerprint density at radius 1 is 1.67 bits per heavy atom. The Hall–Kier alpha value is -1.90. The predicted octanol–water partition coefficient (Wildman–Crippen LogP) is 2.38. The summed E-state index contributed by atoms with van der Waals surface area (Å²) in [6.07, 6.45) is 11.6. The summed E-state index contributed by atoms with van der Waals surface area (Å²) in [6, 6.07) is 0. The van der Waals surface area contributed by atoms with Crippen LogP contribution in [-0.4, -0.2) is 15.8 Å². The highest BCUT2D eigenvalue weighted by Gasteiger charge is 2.00. The highest BCUT2D eigenvalue weighted by atomic mass is 16.1. The van der Waals surface area contributed by atoms with Gasteiger partial charge in [0.1, 0.15) is 5.69 Å². The number of carbonyl (C=O) groups excluding carboxylic acids is 1. The van der Waals surface area contributed by atoms with Crippen molar-refractivity contribution in [1.82, 2.24) is 9.55 Å². The summed E-state index contributed by atoms with van der Waals surface area (Å²) in [5, 5.41) is 0. The van der Waals surface area contributed by atoms with Gasteiger partial charge in [-0.3, -0.25) is 4.79 Å². The van der Waals surface area contributed by atoms with Gasteiger partial charge in [0.2, 0.25) is 0 Å². The SMILES string of the molecule is C=C/C(=C\C=C/C)Cn1cncc1C=O. The van der Waals surface area contributed by atoms with Gasteiger partial charge in [-0.1, -0.05) is 30.9 Å². The first-order chi connectivity index (χ1) is 7.31. The Balaban J connectivity index is 2.83. The van der Waals surface area contributed by atoms with Crippen molar-refractivity contribution in [1.29, 1.82) is 0 Å². The molecule has 0 saturated carbocycles. The lowest BCUT2D eigenvalue weighted by Gasteiger charge is -2.04. The number of carbonyl (C=O) groups is 1. The normalized spacial score (nSPS) is 11.9. The second-order valence-electron chi connectivity index (χ2n) is 3.04. The van der Waals surface area contributed by atoms with Gasteiger partial charge in [0.25, 0.3) is 0 Å². The summed E-state index contributed by atoms with van der Waals surface area (Å²) in [4.78, 5) is 14.6. The fraction of sp³-hybridized carbons (Fsp3) is 0.167. The Kier molecular flexibility index (Phi) is 4.29. The van der Waals surface area contributed by atoms with Crippen LogP contribution in [0.15, 0.2) is 49.0 Å². The van der Waals surface area contributed by atoms with Crippen LogP contribution in [0.3, 0.4) is 0 Å². The summed E-state index contributed by atoms with van der Waals surface area (Å²) in [5.74, 6) is 0. The Bertz CT molecular complexity index is 400. The third-order valence-corrected chi connectivity index (χ3v) is 1.98. The van der Waals surface area contributed by atoms with Crippen LogP contribution >= 0.6 is 0 Å². The smallest absolute Gasteiger partial charge is 0.168 e. The van der Waals surface area contributed by atoms with E-state index in [2.05, 4.69) is 11.6 Å². The van der Waals surface area contributed by atoms with Gasteiger partial charge in [0, 0.05) is 6.54 Å². The fourth-order valence-corrected chi connectivity index (χ4v) is 1.16. The van der Waals surface area contributed by atoms with Crippen LogP contribution < -0.4 is 0 Å². The van der Waals surface area contributed by atoms with Gasteiger partial charge < -0.3 is 4.57 Å². The fourth-order valence-electron chi connectivity index (χ4n) is 1.16. The minimum absolute atomic E-state index is 0.572. The molecule has 0 aliphatic carbocycles. The van der Waals surface area contributed by atoms with Gasteiger partial charge in [0.05, 0.1) is 12.5 Å². The van der Waals surface area contributed by atoms with Crippen LogP contribution in [-0.2, 0) is 6.54 Å². The molecule has 1 heterocycles. The van der Waals surface area contributed by atoms with Crippen molar-refractivity contribution in [2.45, 2.75) is 13.5 Å². The highest BCUT2D eigenvalue weighted by Crippen LogP contribution is 2.04. The number of rotatable bonds is 5. The molecule has 78 valence electrons. The number of hydrogen-bond acceptors (Lipinski definition) is 2. The summed E-state index contributed by atoms with van der Waals surface area (Å²) < 4.78 is 1.78. The van der Waals surface area contributed by atoms with E-state index < -0.39 is 0 Å². The number of imidazole rings is 1. The maximum atomic E-state index is 10.7. The van der Waals surface area contributed by atoms with Gasteiger partial charge in [-0.05, 0) is 12.5 Å². The minimum atomic E-state index is 0.572. The van der Waals surface area contributed by atoms with Gasteiger partial charge in [-0.25, -0.2) is 4.98 Å². The van der Waals surface area contributed by atoms with Gasteiger partial charge in [-0.15, -0.1) is 0 Å². The molecule has 15 heavy (non-hydrogen) atoms. The van der Waals surface area contributed by atoms with E-state index >= 15 is 0 Å². The number of allylic oxidation sites excluding steroid dienone is 5. The van der Waals surface area contributed by atoms with Crippen molar-refractivity contribution in [3.63, 3.8) is 0 Å². The van der Waals surface area contributed by atoms with Crippen molar-refractivity contribution in [3.05, 3.63) is 54.7 Å². The molecule has 0 unspecified atom stereocenters. The summed E-state index contributed by atoms with van der Waals surface area (Å²) >= 11 is 0. The molecule has 1 rings (SSSR count). The minimum Gasteiger partial charge on any atom is -0.324 e. The zero-order chi connectivity index (χ0) is 11.1. The third-order valence-electron chi connectivity index (χ3n) is 1.98. The maximum Gasteiger partial charge on any atom is 0.168 e. The Labute approximate surface area is 89.4 Å². The molecule has 0 radical (unpaired) electrons. The van der Waals surface area contributed by atoms with Gasteiger partial charge in [-0.2, -0.15) is 0 Å². The molecule has 0 bridgehead atoms. The zero-order valence-corrected chi connectivity index (χ0v) is 8.76. The number of hydrogen-bond donors (Lipinski definition) is 0. The summed E-state index contributed by atoms with van der Waals surface area (Å²) in [5.41, 5.74) is 1.61. The first kappa shape index (κ1) is 11.2. The first-order valence-corrected chi connectivity index (χ1v) is 4.71. The number of aldehydes is 1. The molecule has 0 amide bonds. The lowest BCUT2D eigenvalue weighted by Crippen LogP contribution is -2.02. The molecule has 0 saturated heterocycles. The predicted molar refractivity (Wildman–Crippen MR) is 60.7 cm³/mol. The molecule has 0 fully saturated rings. The van der Waals surface area contributed by atoms with Crippen LogP contribution in [0.2, 0.25) is 0 Å². The molecule has 0 aliphatic rings. The van der Waals surface area contributed by atoms with Crippen LogP contribution in [0.5, 0.6) is 0 Å². The van der Waals surface area contributed by atoms with Crippen LogP contribution in [0.1, 0.15) is 17.4 Å². The summed E-state index contributed by atoms with van der Waals surface area (Å²) in [6.45, 7) is 6.29. The van der Waals surface area contributed by atoms with E-state index in [1.165, 1.54) is 0 Å². The topological polar surface area (TPSA) is 34.9 Å². The summed E-state index contributed by atoms with van der Waals surface area (Å²) in [7, 11) is 0. The Morgan fingerprint density at radius 2 is 2.47 bits per heavy atom. The van der Waals surface area contributed by atoms with E-state index in [9.17, 15) is 4.79 Å². The second-order valence-corrected chi connectivity index (χ2v) is 3.04. The average molecular weight is 202 g/mol. The molecule has 0 atom stereocenters. The van der Waals surface area contributed by atoms with Crippen LogP contribution in [0.25, 0.3) is 0 Å². The molecule has 0 aromatic carbocycles. The van der Waals surface area contributed by atoms with E-state index in [1.807, 2.05) is 25.2 Å². The molecule has 1 aromatic rings. The monoisotopic (exact) mass is 202 g/mol. The molecule has 3 nitrogen and oxygen atoms in total. The average Bonchev–Trinajstić information content (AvgIpc) is 2.71. The number of aromatic nitrogens is 2. The second kappa shape index (κ2) is 5.75. The largest absolute Gasteiger partial charge is 0.324 e. The Morgan fingerprint density at radius 3 is 3.07 bits per heavy atom. The van der Waals surface area contributed by atoms with Crippen molar-refractivity contribution >= 4 is 6.29 Å². The zero-order valence-electron chi connectivity index (χ0n) is 8.76. The quantitative estimate of drug-likeness (QED) is 0.542. The van der Waals surface area contributed by atoms with Crippen molar-refractivity contribution in [2.75, 3.05) is 0 Å². The van der Waals surface area contributed by atoms with Crippen LogP contribution in [0.4, 0.5) is 0 Å². The molecule has 0 spiro atoms. The van der Waals surface area contributed by atoms with Crippen LogP contribution in [0, 0.1) is 0 Å². The van der Waals surface area contributed by atoms with Crippen molar-refractivity contribution in [3.8, 4) is 0 Å². The van der Waals surface area contributed by atoms with E-state index in [1.54, 1.807) is 23.2 Å². The van der Waals surface area contributed by atoms with Crippen molar-refractivity contribution in [2.24, 2.45) is 0 Å². The molecule has 0 aliphatic heterocycles. The highest BCUT2D eigenvalue weighted by molar-refractivity contribution is 5.71. The standard InChI is InChI=1S/C12H14N2O/c1-3-5-6-11(4-2)8-14-10-13-7-12(14)9-15/h3-7,9-10H,2,8H2,1H3/b5-3-,11-6+. The first-order valence-electron chi connectivity index (χ1n) is 4.71. The number of nitrogens with zero attached hydrogens (tertiary/aromatic N) is 2. The van der Waals surface area contributed by atoms with Crippen molar-refractivity contribution < 1.29 is 4.79 Å². The van der Waals surface area contributed by atoms with E-state index in [-0.39, 0.29) is 0 Å². The van der Waals surface area contributed by atoms with E-state index in [0.29, 0.717) is 12.2 Å². The van der Waals surface area contributed by atoms with Gasteiger partial charge in [0.15, 0.2) is 6.29 Å². The van der Waals surface area contributed by atoms with Gasteiger partial charge >= 0.3 is 0 Å². The molecular weight excluding hydrogens is 188 g/mol.